The number of imidazole rings is 1. The van der Waals surface area contributed by atoms with Gasteiger partial charge in [0.15, 0.2) is 0 Å². The first kappa shape index (κ1) is 13.5. The fourth-order valence-corrected chi connectivity index (χ4v) is 2.77. The van der Waals surface area contributed by atoms with Gasteiger partial charge in [0.05, 0.1) is 17.1 Å². The van der Waals surface area contributed by atoms with Crippen LogP contribution in [0.2, 0.25) is 0 Å². The molecular formula is C19H18N2. The van der Waals surface area contributed by atoms with E-state index in [-0.39, 0.29) is 6.04 Å². The third-order valence-corrected chi connectivity index (χ3v) is 3.83. The number of hydrogen-bond donors (Lipinski definition) is 0. The van der Waals surface area contributed by atoms with Crippen LogP contribution in [0.3, 0.4) is 0 Å². The van der Waals surface area contributed by atoms with Crippen molar-refractivity contribution >= 4 is 11.0 Å². The minimum atomic E-state index is 0.242. The summed E-state index contributed by atoms with van der Waals surface area (Å²) in [4.78, 5) is 4.76. The molecule has 104 valence electrons. The Morgan fingerprint density at radius 3 is 2.57 bits per heavy atom. The highest BCUT2D eigenvalue weighted by molar-refractivity contribution is 5.76. The summed E-state index contributed by atoms with van der Waals surface area (Å²) in [5.74, 6) is 3.77. The zero-order valence-electron chi connectivity index (χ0n) is 12.2. The molecule has 0 aliphatic carbocycles. The molecule has 2 heteroatoms. The fourth-order valence-electron chi connectivity index (χ4n) is 2.77. The van der Waals surface area contributed by atoms with Crippen molar-refractivity contribution in [3.63, 3.8) is 0 Å². The Hall–Kier alpha value is -2.53. The van der Waals surface area contributed by atoms with Crippen molar-refractivity contribution in [2.75, 3.05) is 0 Å². The van der Waals surface area contributed by atoms with Crippen molar-refractivity contribution in [2.45, 2.75) is 25.8 Å². The number of aryl methyl sites for hydroxylation is 1. The van der Waals surface area contributed by atoms with Gasteiger partial charge in [0, 0.05) is 12.8 Å². The molecular weight excluding hydrogens is 256 g/mol. The molecule has 3 rings (SSSR count). The van der Waals surface area contributed by atoms with E-state index in [2.05, 4.69) is 59.9 Å². The first-order valence-corrected chi connectivity index (χ1v) is 7.25. The molecule has 0 spiro atoms. The predicted molar refractivity (Wildman–Crippen MR) is 87.1 cm³/mol. The first-order valence-electron chi connectivity index (χ1n) is 7.25. The molecule has 0 amide bonds. The van der Waals surface area contributed by atoms with E-state index >= 15 is 0 Å². The molecule has 2 nitrogen and oxygen atoms in total. The lowest BCUT2D eigenvalue weighted by Gasteiger charge is -2.18. The lowest BCUT2D eigenvalue weighted by molar-refractivity contribution is 0.618. The molecule has 1 unspecified atom stereocenters. The second-order valence-electron chi connectivity index (χ2n) is 5.18. The number of terminal acetylenes is 1. The molecule has 21 heavy (non-hydrogen) atoms. The van der Waals surface area contributed by atoms with Crippen molar-refractivity contribution in [3.05, 3.63) is 66.0 Å². The van der Waals surface area contributed by atoms with E-state index < -0.39 is 0 Å². The summed E-state index contributed by atoms with van der Waals surface area (Å²) in [6.07, 6.45) is 6.94. The van der Waals surface area contributed by atoms with Gasteiger partial charge in [-0.1, -0.05) is 42.5 Å². The highest BCUT2D eigenvalue weighted by Gasteiger charge is 2.16. The van der Waals surface area contributed by atoms with Crippen LogP contribution in [0, 0.1) is 12.3 Å². The van der Waals surface area contributed by atoms with Crippen molar-refractivity contribution in [3.8, 4) is 12.3 Å². The Bertz CT molecular complexity index is 778. The molecule has 0 saturated heterocycles. The van der Waals surface area contributed by atoms with E-state index in [4.69, 9.17) is 11.4 Å². The molecule has 0 bridgehead atoms. The van der Waals surface area contributed by atoms with Gasteiger partial charge in [-0.15, -0.1) is 12.3 Å². The normalized spacial score (nSPS) is 12.2. The number of para-hydroxylation sites is 2. The maximum Gasteiger partial charge on any atom is 0.111 e. The number of nitrogens with zero attached hydrogens (tertiary/aromatic N) is 2. The summed E-state index contributed by atoms with van der Waals surface area (Å²) in [6.45, 7) is 2.21. The minimum absolute atomic E-state index is 0.242. The molecule has 1 atom stereocenters. The van der Waals surface area contributed by atoms with Crippen molar-refractivity contribution in [2.24, 2.45) is 0 Å². The average Bonchev–Trinajstić information content (AvgIpc) is 2.91. The SMILES string of the molecule is C#CCCc1nc2ccccc2n1C(C)c1ccccc1. The molecule has 2 aromatic carbocycles. The number of hydrogen-bond acceptors (Lipinski definition) is 1. The van der Waals surface area contributed by atoms with E-state index in [0.29, 0.717) is 6.42 Å². The summed E-state index contributed by atoms with van der Waals surface area (Å²) in [7, 11) is 0. The molecule has 0 N–H and O–H groups in total. The van der Waals surface area contributed by atoms with Gasteiger partial charge in [0.1, 0.15) is 5.82 Å². The summed E-state index contributed by atoms with van der Waals surface area (Å²) in [5.41, 5.74) is 3.48. The van der Waals surface area contributed by atoms with Gasteiger partial charge >= 0.3 is 0 Å². The van der Waals surface area contributed by atoms with Crippen LogP contribution in [0.15, 0.2) is 54.6 Å². The Balaban J connectivity index is 2.13. The van der Waals surface area contributed by atoms with E-state index in [0.717, 1.165) is 17.8 Å². The average molecular weight is 274 g/mol. The Labute approximate surface area is 125 Å². The van der Waals surface area contributed by atoms with Crippen molar-refractivity contribution in [1.29, 1.82) is 0 Å². The highest BCUT2D eigenvalue weighted by atomic mass is 15.1. The van der Waals surface area contributed by atoms with Gasteiger partial charge in [0.25, 0.3) is 0 Å². The molecule has 0 aliphatic heterocycles. The largest absolute Gasteiger partial charge is 0.321 e. The molecule has 1 heterocycles. The highest BCUT2D eigenvalue weighted by Crippen LogP contribution is 2.26. The second-order valence-corrected chi connectivity index (χ2v) is 5.18. The second kappa shape index (κ2) is 5.85. The van der Waals surface area contributed by atoms with Gasteiger partial charge in [0.2, 0.25) is 0 Å². The number of aromatic nitrogens is 2. The number of rotatable bonds is 4. The van der Waals surface area contributed by atoms with Gasteiger partial charge in [-0.05, 0) is 24.6 Å². The minimum Gasteiger partial charge on any atom is -0.321 e. The van der Waals surface area contributed by atoms with Gasteiger partial charge in [-0.3, -0.25) is 0 Å². The zero-order valence-corrected chi connectivity index (χ0v) is 12.2. The van der Waals surface area contributed by atoms with Gasteiger partial charge in [-0.25, -0.2) is 4.98 Å². The van der Waals surface area contributed by atoms with E-state index in [1.54, 1.807) is 0 Å². The third kappa shape index (κ3) is 2.55. The lowest BCUT2D eigenvalue weighted by Crippen LogP contribution is -2.10. The van der Waals surface area contributed by atoms with Crippen LogP contribution in [-0.2, 0) is 6.42 Å². The predicted octanol–water partition coefficient (Wildman–Crippen LogP) is 4.21. The van der Waals surface area contributed by atoms with Crippen molar-refractivity contribution < 1.29 is 0 Å². The monoisotopic (exact) mass is 274 g/mol. The quantitative estimate of drug-likeness (QED) is 0.652. The van der Waals surface area contributed by atoms with E-state index in [1.807, 2.05) is 12.1 Å². The number of fused-ring (bicyclic) bond motifs is 1. The summed E-state index contributed by atoms with van der Waals surface area (Å²) < 4.78 is 2.31. The van der Waals surface area contributed by atoms with Crippen molar-refractivity contribution in [1.82, 2.24) is 9.55 Å². The van der Waals surface area contributed by atoms with Gasteiger partial charge < -0.3 is 4.57 Å². The first-order chi connectivity index (χ1) is 10.3. The van der Waals surface area contributed by atoms with Crippen LogP contribution < -0.4 is 0 Å². The Kier molecular flexibility index (Phi) is 3.75. The van der Waals surface area contributed by atoms with Crippen LogP contribution >= 0.6 is 0 Å². The summed E-state index contributed by atoms with van der Waals surface area (Å²) >= 11 is 0. The lowest BCUT2D eigenvalue weighted by atomic mass is 10.1. The maximum atomic E-state index is 5.42. The molecule has 0 aliphatic rings. The molecule has 0 fully saturated rings. The molecule has 0 radical (unpaired) electrons. The topological polar surface area (TPSA) is 17.8 Å². The van der Waals surface area contributed by atoms with Crippen LogP contribution in [0.5, 0.6) is 0 Å². The van der Waals surface area contributed by atoms with Crippen LogP contribution in [0.25, 0.3) is 11.0 Å². The fraction of sp³-hybridized carbons (Fsp3) is 0.211. The molecule has 3 aromatic rings. The summed E-state index contributed by atoms with van der Waals surface area (Å²) in [6, 6.07) is 19.0. The maximum absolute atomic E-state index is 5.42. The van der Waals surface area contributed by atoms with Crippen LogP contribution in [-0.4, -0.2) is 9.55 Å². The molecule has 1 aromatic heterocycles. The van der Waals surface area contributed by atoms with Gasteiger partial charge in [-0.2, -0.15) is 0 Å². The Morgan fingerprint density at radius 1 is 1.10 bits per heavy atom. The van der Waals surface area contributed by atoms with Crippen LogP contribution in [0.4, 0.5) is 0 Å². The number of benzene rings is 2. The van der Waals surface area contributed by atoms with E-state index in [9.17, 15) is 0 Å². The van der Waals surface area contributed by atoms with Crippen LogP contribution in [0.1, 0.15) is 30.8 Å². The van der Waals surface area contributed by atoms with E-state index in [1.165, 1.54) is 11.1 Å². The summed E-state index contributed by atoms with van der Waals surface area (Å²) in [5, 5.41) is 0. The smallest absolute Gasteiger partial charge is 0.111 e. The zero-order chi connectivity index (χ0) is 14.7. The molecule has 0 saturated carbocycles. The standard InChI is InChI=1S/C19H18N2/c1-3-4-14-19-20-17-12-8-9-13-18(17)21(19)15(2)16-10-6-5-7-11-16/h1,5-13,15H,4,14H2,2H3. The third-order valence-electron chi connectivity index (χ3n) is 3.83. The Morgan fingerprint density at radius 2 is 1.81 bits per heavy atom.